The summed E-state index contributed by atoms with van der Waals surface area (Å²) in [6.45, 7) is 3.93. The van der Waals surface area contributed by atoms with Gasteiger partial charge in [0.2, 0.25) is 0 Å². The highest BCUT2D eigenvalue weighted by atomic mass is 19.2. The van der Waals surface area contributed by atoms with Crippen LogP contribution in [0.1, 0.15) is 22.7 Å². The Hall–Kier alpha value is -3.81. The number of rotatable bonds is 7. The topological polar surface area (TPSA) is 95.2 Å². The molecule has 8 nitrogen and oxygen atoms in total. The van der Waals surface area contributed by atoms with Crippen molar-refractivity contribution in [3.05, 3.63) is 77.0 Å². The number of para-hydroxylation sites is 1. The van der Waals surface area contributed by atoms with Crippen molar-refractivity contribution in [2.45, 2.75) is 18.9 Å². The number of urea groups is 1. The third kappa shape index (κ3) is 5.31. The molecule has 0 spiro atoms. The number of anilines is 1. The second-order valence-electron chi connectivity index (χ2n) is 8.42. The van der Waals surface area contributed by atoms with Crippen LogP contribution >= 0.6 is 0 Å². The molecule has 1 aliphatic rings. The molecule has 1 aliphatic heterocycles. The molecule has 2 aromatic carbocycles. The number of nitrogens with zero attached hydrogens (tertiary/aromatic N) is 4. The van der Waals surface area contributed by atoms with Crippen LogP contribution < -0.4 is 10.6 Å². The van der Waals surface area contributed by atoms with E-state index in [2.05, 4.69) is 20.6 Å². The summed E-state index contributed by atoms with van der Waals surface area (Å²) in [5.41, 5.74) is 2.04. The lowest BCUT2D eigenvalue weighted by Gasteiger charge is -2.21. The minimum absolute atomic E-state index is 0.204. The predicted molar refractivity (Wildman–Crippen MR) is 126 cm³/mol. The summed E-state index contributed by atoms with van der Waals surface area (Å²) in [5, 5.41) is 19.6. The molecule has 10 heteroatoms. The molecule has 0 saturated carbocycles. The van der Waals surface area contributed by atoms with Crippen LogP contribution in [0.4, 0.5) is 19.4 Å². The van der Waals surface area contributed by atoms with Gasteiger partial charge in [0.25, 0.3) is 0 Å². The second-order valence-corrected chi connectivity index (χ2v) is 8.42. The first kappa shape index (κ1) is 24.3. The summed E-state index contributed by atoms with van der Waals surface area (Å²) in [4.78, 5) is 15.2. The number of halogens is 2. The van der Waals surface area contributed by atoms with Crippen molar-refractivity contribution >= 4 is 11.8 Å². The Morgan fingerprint density at radius 1 is 1.20 bits per heavy atom. The van der Waals surface area contributed by atoms with Crippen LogP contribution in [0, 0.1) is 29.9 Å². The van der Waals surface area contributed by atoms with Gasteiger partial charge in [0.15, 0.2) is 17.3 Å². The zero-order chi connectivity index (χ0) is 24.9. The largest absolute Gasteiger partial charge is 0.383 e. The number of methoxy groups -OCH3 is 1. The van der Waals surface area contributed by atoms with E-state index in [1.54, 1.807) is 20.1 Å². The lowest BCUT2D eigenvalue weighted by atomic mass is 9.94. The first-order valence-corrected chi connectivity index (χ1v) is 11.2. The summed E-state index contributed by atoms with van der Waals surface area (Å²) >= 11 is 0. The van der Waals surface area contributed by atoms with Gasteiger partial charge in [-0.3, -0.25) is 10.2 Å². The van der Waals surface area contributed by atoms with Gasteiger partial charge in [-0.25, -0.2) is 18.3 Å². The molecule has 35 heavy (non-hydrogen) atoms. The van der Waals surface area contributed by atoms with E-state index in [0.29, 0.717) is 48.9 Å². The highest BCUT2D eigenvalue weighted by molar-refractivity contribution is 5.90. The first-order valence-electron chi connectivity index (χ1n) is 11.2. The lowest BCUT2D eigenvalue weighted by Crippen LogP contribution is -2.42. The Morgan fingerprint density at radius 3 is 2.66 bits per heavy atom. The van der Waals surface area contributed by atoms with Gasteiger partial charge in [0, 0.05) is 38.2 Å². The second kappa shape index (κ2) is 10.6. The molecule has 2 N–H and O–H groups in total. The number of carbonyl (C=O) groups is 1. The van der Waals surface area contributed by atoms with Gasteiger partial charge < -0.3 is 10.1 Å². The Labute approximate surface area is 202 Å². The molecule has 0 aliphatic carbocycles. The standard InChI is InChI=1S/C25H26F2N6O2/c1-16-22(13-28)31-33(18-6-4-3-5-7-18)24(16)30-25(34)29-23-15-32(10-11-35-2)14-19(23)17-8-9-20(26)21(27)12-17/h3-9,12,19,23H,10-11,14-15H2,1-2H3,(H2,29,30,34)/t19-,23+/m0/s1. The number of nitriles is 1. The van der Waals surface area contributed by atoms with Gasteiger partial charge >= 0.3 is 6.03 Å². The highest BCUT2D eigenvalue weighted by Crippen LogP contribution is 2.29. The Balaban J connectivity index is 1.56. The van der Waals surface area contributed by atoms with E-state index < -0.39 is 17.7 Å². The van der Waals surface area contributed by atoms with Crippen LogP contribution in [0.5, 0.6) is 0 Å². The van der Waals surface area contributed by atoms with Crippen molar-refractivity contribution in [2.24, 2.45) is 0 Å². The van der Waals surface area contributed by atoms with Crippen molar-refractivity contribution in [1.29, 1.82) is 5.26 Å². The zero-order valence-corrected chi connectivity index (χ0v) is 19.5. The number of hydrogen-bond donors (Lipinski definition) is 2. The quantitative estimate of drug-likeness (QED) is 0.539. The molecule has 0 unspecified atom stereocenters. The van der Waals surface area contributed by atoms with Crippen LogP contribution in [-0.4, -0.2) is 60.1 Å². The summed E-state index contributed by atoms with van der Waals surface area (Å²) in [7, 11) is 1.61. The molecule has 2 amide bonds. The first-order chi connectivity index (χ1) is 16.9. The summed E-state index contributed by atoms with van der Waals surface area (Å²) < 4.78 is 34.1. The third-order valence-electron chi connectivity index (χ3n) is 6.16. The predicted octanol–water partition coefficient (Wildman–Crippen LogP) is 3.57. The maximum Gasteiger partial charge on any atom is 0.320 e. The number of amides is 2. The van der Waals surface area contributed by atoms with Crippen LogP contribution in [0.15, 0.2) is 48.5 Å². The summed E-state index contributed by atoms with van der Waals surface area (Å²) in [6.07, 6.45) is 0. The molecule has 182 valence electrons. The van der Waals surface area contributed by atoms with Gasteiger partial charge in [-0.15, -0.1) is 0 Å². The number of likely N-dealkylation sites (tertiary alicyclic amines) is 1. The summed E-state index contributed by atoms with van der Waals surface area (Å²) in [5.74, 6) is -1.71. The van der Waals surface area contributed by atoms with Gasteiger partial charge in [-0.1, -0.05) is 24.3 Å². The molecule has 1 fully saturated rings. The maximum absolute atomic E-state index is 14.0. The minimum atomic E-state index is -0.924. The van der Waals surface area contributed by atoms with Crippen LogP contribution in [-0.2, 0) is 4.74 Å². The Bertz CT molecular complexity index is 1240. The Morgan fingerprint density at radius 2 is 1.97 bits per heavy atom. The maximum atomic E-state index is 14.0. The minimum Gasteiger partial charge on any atom is -0.383 e. The van der Waals surface area contributed by atoms with Crippen LogP contribution in [0.2, 0.25) is 0 Å². The van der Waals surface area contributed by atoms with Gasteiger partial charge in [0.1, 0.15) is 11.9 Å². The van der Waals surface area contributed by atoms with Crippen molar-refractivity contribution < 1.29 is 18.3 Å². The van der Waals surface area contributed by atoms with Crippen molar-refractivity contribution in [1.82, 2.24) is 20.0 Å². The van der Waals surface area contributed by atoms with E-state index in [-0.39, 0.29) is 17.7 Å². The van der Waals surface area contributed by atoms with Crippen LogP contribution in [0.3, 0.4) is 0 Å². The monoisotopic (exact) mass is 480 g/mol. The number of aromatic nitrogens is 2. The van der Waals surface area contributed by atoms with E-state index in [1.165, 1.54) is 10.7 Å². The molecule has 4 rings (SSSR count). The third-order valence-corrected chi connectivity index (χ3v) is 6.16. The number of hydrogen-bond acceptors (Lipinski definition) is 5. The Kier molecular flexibility index (Phi) is 7.39. The summed E-state index contributed by atoms with van der Waals surface area (Å²) in [6, 6.07) is 14.2. The number of benzene rings is 2. The number of ether oxygens (including phenoxy) is 1. The molecule has 2 heterocycles. The molecule has 1 saturated heterocycles. The number of nitrogens with one attached hydrogen (secondary N) is 2. The van der Waals surface area contributed by atoms with Gasteiger partial charge in [0.05, 0.1) is 18.3 Å². The molecule has 0 bridgehead atoms. The zero-order valence-electron chi connectivity index (χ0n) is 19.5. The van der Waals surface area contributed by atoms with E-state index in [9.17, 15) is 18.8 Å². The van der Waals surface area contributed by atoms with Crippen LogP contribution in [0.25, 0.3) is 5.69 Å². The van der Waals surface area contributed by atoms with Gasteiger partial charge in [-0.2, -0.15) is 10.4 Å². The molecule has 3 aromatic rings. The molecular formula is C25H26F2N6O2. The van der Waals surface area contributed by atoms with Gasteiger partial charge in [-0.05, 0) is 36.8 Å². The molecule has 1 aromatic heterocycles. The highest BCUT2D eigenvalue weighted by Gasteiger charge is 2.35. The average molecular weight is 481 g/mol. The average Bonchev–Trinajstić information content (AvgIpc) is 3.40. The number of carbonyl (C=O) groups excluding carboxylic acids is 1. The fourth-order valence-corrected chi connectivity index (χ4v) is 4.33. The molecule has 2 atom stereocenters. The van der Waals surface area contributed by atoms with Crippen molar-refractivity contribution in [3.63, 3.8) is 0 Å². The molecule has 0 radical (unpaired) electrons. The van der Waals surface area contributed by atoms with E-state index in [1.807, 2.05) is 36.4 Å². The van der Waals surface area contributed by atoms with E-state index >= 15 is 0 Å². The smallest absolute Gasteiger partial charge is 0.320 e. The molecular weight excluding hydrogens is 454 g/mol. The fourth-order valence-electron chi connectivity index (χ4n) is 4.33. The van der Waals surface area contributed by atoms with E-state index in [4.69, 9.17) is 4.74 Å². The van der Waals surface area contributed by atoms with Crippen molar-refractivity contribution in [2.75, 3.05) is 38.7 Å². The normalized spacial score (nSPS) is 17.8. The SMILES string of the molecule is COCCN1C[C@@H](NC(=O)Nc2c(C)c(C#N)nn2-c2ccccc2)[C@H](c2ccc(F)c(F)c2)C1. The van der Waals surface area contributed by atoms with Crippen molar-refractivity contribution in [3.8, 4) is 11.8 Å². The fraction of sp³-hybridized carbons (Fsp3) is 0.320. The lowest BCUT2D eigenvalue weighted by molar-refractivity contribution is 0.159. The van der Waals surface area contributed by atoms with E-state index in [0.717, 1.165) is 6.07 Å².